The number of hydrogen-bond donors (Lipinski definition) is 3. The van der Waals surface area contributed by atoms with Gasteiger partial charge in [-0.1, -0.05) is 39.0 Å². The van der Waals surface area contributed by atoms with Gasteiger partial charge < -0.3 is 19.8 Å². The third kappa shape index (κ3) is 6.90. The van der Waals surface area contributed by atoms with Crippen LogP contribution in [0.2, 0.25) is 0 Å². The highest BCUT2D eigenvalue weighted by molar-refractivity contribution is 5.76. The van der Waals surface area contributed by atoms with Gasteiger partial charge in [-0.05, 0) is 69.3 Å². The zero-order valence-corrected chi connectivity index (χ0v) is 20.1. The van der Waals surface area contributed by atoms with Gasteiger partial charge in [-0.25, -0.2) is 0 Å². The van der Waals surface area contributed by atoms with E-state index in [9.17, 15) is 19.8 Å². The summed E-state index contributed by atoms with van der Waals surface area (Å²) in [7, 11) is 0. The summed E-state index contributed by atoms with van der Waals surface area (Å²) in [6.07, 6.45) is 7.24. The van der Waals surface area contributed by atoms with E-state index in [-0.39, 0.29) is 42.7 Å². The number of nitrogens with two attached hydrogens (primary N) is 1. The van der Waals surface area contributed by atoms with E-state index in [1.807, 2.05) is 20.8 Å². The molecule has 2 aliphatic carbocycles. The van der Waals surface area contributed by atoms with E-state index < -0.39 is 23.6 Å². The molecule has 2 aliphatic rings. The molecule has 4 N–H and O–H groups in total. The molecule has 7 heteroatoms. The summed E-state index contributed by atoms with van der Waals surface area (Å²) >= 11 is 0. The topological polar surface area (TPSA) is 119 Å². The summed E-state index contributed by atoms with van der Waals surface area (Å²) in [5.41, 5.74) is 0.687. The van der Waals surface area contributed by atoms with Crippen LogP contribution in [-0.4, -0.2) is 40.5 Å². The Kier molecular flexibility index (Phi) is 9.49. The van der Waals surface area contributed by atoms with Gasteiger partial charge in [0, 0.05) is 5.92 Å². The van der Waals surface area contributed by atoms with Gasteiger partial charge in [-0.15, -0.1) is 0 Å². The SMILES string of the molecule is CCC(C)(C)C(=O)O[C@H]1C[C@@H](C)C=C2C=C[C@H](C)[C@H](CC[C@@H](O)C[C@@H](O)CC(=O)ON)C21. The first-order chi connectivity index (χ1) is 15.0. The lowest BCUT2D eigenvalue weighted by molar-refractivity contribution is -0.164. The van der Waals surface area contributed by atoms with E-state index >= 15 is 0 Å². The molecule has 7 nitrogen and oxygen atoms in total. The molecular weight excluding hydrogens is 410 g/mol. The summed E-state index contributed by atoms with van der Waals surface area (Å²) in [4.78, 5) is 28.1. The van der Waals surface area contributed by atoms with Gasteiger partial charge in [0.05, 0.1) is 24.0 Å². The van der Waals surface area contributed by atoms with Crippen LogP contribution in [0, 0.1) is 29.1 Å². The lowest BCUT2D eigenvalue weighted by Gasteiger charge is -2.44. The van der Waals surface area contributed by atoms with Gasteiger partial charge in [-0.2, -0.15) is 5.90 Å². The maximum absolute atomic E-state index is 12.9. The van der Waals surface area contributed by atoms with Crippen LogP contribution in [-0.2, 0) is 19.2 Å². The van der Waals surface area contributed by atoms with Crippen molar-refractivity contribution in [3.8, 4) is 0 Å². The number of carbonyl (C=O) groups excluding carboxylic acids is 2. The molecule has 0 heterocycles. The normalized spacial score (nSPS) is 29.5. The second-order valence-electron chi connectivity index (χ2n) is 10.3. The fourth-order valence-corrected chi connectivity index (χ4v) is 4.80. The monoisotopic (exact) mass is 451 g/mol. The van der Waals surface area contributed by atoms with Crippen LogP contribution in [0.4, 0.5) is 0 Å². The molecule has 182 valence electrons. The summed E-state index contributed by atoms with van der Waals surface area (Å²) in [6.45, 7) is 10.1. The predicted octanol–water partition coefficient (Wildman–Crippen LogP) is 3.44. The second kappa shape index (κ2) is 11.4. The van der Waals surface area contributed by atoms with E-state index in [2.05, 4.69) is 36.9 Å². The van der Waals surface area contributed by atoms with Crippen molar-refractivity contribution in [2.75, 3.05) is 0 Å². The fourth-order valence-electron chi connectivity index (χ4n) is 4.80. The first-order valence-corrected chi connectivity index (χ1v) is 11.8. The van der Waals surface area contributed by atoms with Gasteiger partial charge in [0.2, 0.25) is 0 Å². The van der Waals surface area contributed by atoms with E-state index in [0.717, 1.165) is 12.8 Å². The number of carbonyl (C=O) groups is 2. The standard InChI is InChI=1S/C25H41NO6/c1-6-25(4,5)24(30)31-21-12-15(2)11-17-8-7-16(3)20(23(17)21)10-9-18(27)13-19(28)14-22(29)32-26/h7-8,11,15-16,18-21,23,27-28H,6,9-10,12-14,26H2,1-5H3/t15-,16-,18+,19+,20-,21-,23?/m0/s1. The zero-order chi connectivity index (χ0) is 24.1. The van der Waals surface area contributed by atoms with Gasteiger partial charge in [0.25, 0.3) is 0 Å². The number of esters is 1. The molecule has 0 saturated heterocycles. The number of allylic oxidation sites excluding steroid dienone is 3. The first kappa shape index (κ1) is 26.6. The molecule has 0 aromatic heterocycles. The van der Waals surface area contributed by atoms with Crippen molar-refractivity contribution in [3.63, 3.8) is 0 Å². The number of hydrogen-bond acceptors (Lipinski definition) is 7. The smallest absolute Gasteiger partial charge is 0.327 e. The third-order valence-corrected chi connectivity index (χ3v) is 7.20. The molecule has 7 atom stereocenters. The molecule has 32 heavy (non-hydrogen) atoms. The highest BCUT2D eigenvalue weighted by Gasteiger charge is 2.42. The van der Waals surface area contributed by atoms with Gasteiger partial charge >= 0.3 is 11.9 Å². The van der Waals surface area contributed by atoms with Gasteiger partial charge in [-0.3, -0.25) is 9.59 Å². The van der Waals surface area contributed by atoms with Crippen molar-refractivity contribution in [1.82, 2.24) is 0 Å². The van der Waals surface area contributed by atoms with Crippen molar-refractivity contribution >= 4 is 11.9 Å². The van der Waals surface area contributed by atoms with Crippen LogP contribution < -0.4 is 5.90 Å². The third-order valence-electron chi connectivity index (χ3n) is 7.20. The Bertz CT molecular complexity index is 715. The van der Waals surface area contributed by atoms with Crippen LogP contribution in [0.1, 0.15) is 73.1 Å². The van der Waals surface area contributed by atoms with E-state index in [0.29, 0.717) is 18.8 Å². The Balaban J connectivity index is 2.10. The average molecular weight is 452 g/mol. The average Bonchev–Trinajstić information content (AvgIpc) is 2.72. The quantitative estimate of drug-likeness (QED) is 0.344. The molecule has 0 fully saturated rings. The Morgan fingerprint density at radius 2 is 1.94 bits per heavy atom. The maximum atomic E-state index is 12.9. The fraction of sp³-hybridized carbons (Fsp3) is 0.760. The predicted molar refractivity (Wildman–Crippen MR) is 122 cm³/mol. The van der Waals surface area contributed by atoms with Crippen LogP contribution in [0.15, 0.2) is 23.8 Å². The molecule has 0 amide bonds. The first-order valence-electron chi connectivity index (χ1n) is 11.8. The molecule has 1 unspecified atom stereocenters. The minimum Gasteiger partial charge on any atom is -0.461 e. The Morgan fingerprint density at radius 1 is 1.25 bits per heavy atom. The molecule has 0 saturated carbocycles. The molecule has 0 radical (unpaired) electrons. The Morgan fingerprint density at radius 3 is 2.56 bits per heavy atom. The lowest BCUT2D eigenvalue weighted by Crippen LogP contribution is -2.43. The van der Waals surface area contributed by atoms with Crippen molar-refractivity contribution in [2.45, 2.75) is 91.5 Å². The second-order valence-corrected chi connectivity index (χ2v) is 10.3. The van der Waals surface area contributed by atoms with Gasteiger partial charge in [0.15, 0.2) is 0 Å². The molecule has 0 aliphatic heterocycles. The van der Waals surface area contributed by atoms with Gasteiger partial charge in [0.1, 0.15) is 6.10 Å². The minimum absolute atomic E-state index is 0.0829. The van der Waals surface area contributed by atoms with E-state index in [1.165, 1.54) is 5.57 Å². The van der Waals surface area contributed by atoms with Crippen LogP contribution in [0.3, 0.4) is 0 Å². The van der Waals surface area contributed by atoms with E-state index in [1.54, 1.807) is 0 Å². The number of rotatable bonds is 10. The summed E-state index contributed by atoms with van der Waals surface area (Å²) in [5, 5.41) is 20.4. The summed E-state index contributed by atoms with van der Waals surface area (Å²) in [5.74, 6) is 4.84. The van der Waals surface area contributed by atoms with Crippen LogP contribution in [0.5, 0.6) is 0 Å². The van der Waals surface area contributed by atoms with Crippen LogP contribution >= 0.6 is 0 Å². The van der Waals surface area contributed by atoms with Crippen molar-refractivity contribution in [2.24, 2.45) is 35.0 Å². The molecule has 0 spiro atoms. The highest BCUT2D eigenvalue weighted by Crippen LogP contribution is 2.45. The van der Waals surface area contributed by atoms with E-state index in [4.69, 9.17) is 10.6 Å². The zero-order valence-electron chi connectivity index (χ0n) is 20.1. The largest absolute Gasteiger partial charge is 0.461 e. The number of aliphatic hydroxyl groups excluding tert-OH is 2. The molecular formula is C25H41NO6. The lowest BCUT2D eigenvalue weighted by atomic mass is 9.65. The molecule has 0 bridgehead atoms. The number of ether oxygens (including phenoxy) is 1. The number of aliphatic hydroxyl groups is 2. The summed E-state index contributed by atoms with van der Waals surface area (Å²) < 4.78 is 6.11. The molecule has 0 aromatic carbocycles. The molecule has 0 aromatic rings. The molecule has 2 rings (SSSR count). The number of fused-ring (bicyclic) bond motifs is 1. The van der Waals surface area contributed by atoms with Crippen molar-refractivity contribution in [1.29, 1.82) is 0 Å². The van der Waals surface area contributed by atoms with Crippen LogP contribution in [0.25, 0.3) is 0 Å². The highest BCUT2D eigenvalue weighted by atomic mass is 16.7. The Labute approximate surface area is 192 Å². The summed E-state index contributed by atoms with van der Waals surface area (Å²) in [6, 6.07) is 0. The van der Waals surface area contributed by atoms with Crippen molar-refractivity contribution < 1.29 is 29.4 Å². The Hall–Kier alpha value is -1.70. The maximum Gasteiger partial charge on any atom is 0.327 e. The minimum atomic E-state index is -0.999. The van der Waals surface area contributed by atoms with Crippen molar-refractivity contribution in [3.05, 3.63) is 23.8 Å².